The highest BCUT2D eigenvalue weighted by Gasteiger charge is 2.31. The van der Waals surface area contributed by atoms with E-state index in [-0.39, 0.29) is 23.2 Å². The smallest absolute Gasteiger partial charge is 0.243 e. The molecule has 9 heteroatoms. The van der Waals surface area contributed by atoms with Gasteiger partial charge in [-0.2, -0.15) is 4.31 Å². The zero-order valence-electron chi connectivity index (χ0n) is 14.8. The van der Waals surface area contributed by atoms with E-state index < -0.39 is 10.0 Å². The molecule has 146 valence electrons. The third-order valence-electron chi connectivity index (χ3n) is 4.39. The van der Waals surface area contributed by atoms with Crippen molar-refractivity contribution in [3.8, 4) is 0 Å². The first-order valence-corrected chi connectivity index (χ1v) is 10.2. The summed E-state index contributed by atoms with van der Waals surface area (Å²) in [5.74, 6) is -0.195. The fourth-order valence-electron chi connectivity index (χ4n) is 3.08. The van der Waals surface area contributed by atoms with Crippen LogP contribution in [0, 0.1) is 0 Å². The number of piperazine rings is 1. The van der Waals surface area contributed by atoms with Gasteiger partial charge in [0.2, 0.25) is 15.9 Å². The lowest BCUT2D eigenvalue weighted by Gasteiger charge is -2.31. The number of hydrogen-bond acceptors (Lipinski definition) is 3. The van der Waals surface area contributed by atoms with E-state index in [1.807, 2.05) is 24.3 Å². The molecule has 6 nitrogen and oxygen atoms in total. The third-order valence-corrected chi connectivity index (χ3v) is 6.64. The molecule has 0 aliphatic carbocycles. The van der Waals surface area contributed by atoms with Gasteiger partial charge in [0.15, 0.2) is 0 Å². The van der Waals surface area contributed by atoms with E-state index in [1.165, 1.54) is 28.3 Å². The Morgan fingerprint density at radius 3 is 2.22 bits per heavy atom. The number of rotatable bonds is 4. The number of anilines is 1. The maximum atomic E-state index is 12.8. The molecule has 1 aliphatic heterocycles. The first kappa shape index (κ1) is 21.7. The van der Waals surface area contributed by atoms with E-state index in [4.69, 9.17) is 11.6 Å². The van der Waals surface area contributed by atoms with Crippen molar-refractivity contribution in [2.24, 2.45) is 0 Å². The fraction of sp³-hybridized carbons (Fsp3) is 0.278. The Bertz CT molecular complexity index is 896. The SMILES string of the molecule is CC(=O)Nc1ccc(S(=O)(=O)N2CC[NH+](c3ccccc3Cl)CC2)cc1.[Cl-]. The fourth-order valence-corrected chi connectivity index (χ4v) is 4.79. The summed E-state index contributed by atoms with van der Waals surface area (Å²) in [6.45, 7) is 3.58. The first-order chi connectivity index (χ1) is 12.4. The molecule has 27 heavy (non-hydrogen) atoms. The van der Waals surface area contributed by atoms with Crippen LogP contribution in [0.15, 0.2) is 53.4 Å². The summed E-state index contributed by atoms with van der Waals surface area (Å²) in [5, 5.41) is 3.33. The van der Waals surface area contributed by atoms with Crippen LogP contribution in [-0.2, 0) is 14.8 Å². The summed E-state index contributed by atoms with van der Waals surface area (Å²) in [6, 6.07) is 13.9. The topological polar surface area (TPSA) is 70.9 Å². The minimum atomic E-state index is -3.55. The molecule has 1 heterocycles. The lowest BCUT2D eigenvalue weighted by molar-refractivity contribution is -0.837. The van der Waals surface area contributed by atoms with Crippen molar-refractivity contribution in [3.05, 3.63) is 53.6 Å². The maximum absolute atomic E-state index is 12.8. The Labute approximate surface area is 170 Å². The number of carbonyl (C=O) groups is 1. The van der Waals surface area contributed by atoms with Crippen molar-refractivity contribution < 1.29 is 30.5 Å². The summed E-state index contributed by atoms with van der Waals surface area (Å²) in [6.07, 6.45) is 0. The Balaban J connectivity index is 0.00000261. The van der Waals surface area contributed by atoms with E-state index in [1.54, 1.807) is 12.1 Å². The van der Waals surface area contributed by atoms with E-state index in [2.05, 4.69) is 5.32 Å². The van der Waals surface area contributed by atoms with Crippen LogP contribution < -0.4 is 22.6 Å². The van der Waals surface area contributed by atoms with Gasteiger partial charge in [0, 0.05) is 18.7 Å². The minimum Gasteiger partial charge on any atom is -1.00 e. The monoisotopic (exact) mass is 429 g/mol. The van der Waals surface area contributed by atoms with E-state index in [9.17, 15) is 13.2 Å². The molecule has 2 N–H and O–H groups in total. The minimum absolute atomic E-state index is 0. The molecular formula is C18H21Cl2N3O3S. The van der Waals surface area contributed by atoms with Gasteiger partial charge in [-0.3, -0.25) is 9.69 Å². The Morgan fingerprint density at radius 2 is 1.67 bits per heavy atom. The van der Waals surface area contributed by atoms with Crippen molar-refractivity contribution in [1.29, 1.82) is 0 Å². The molecule has 1 saturated heterocycles. The molecule has 3 rings (SSSR count). The molecule has 0 radical (unpaired) electrons. The molecule has 0 unspecified atom stereocenters. The third kappa shape index (κ3) is 5.00. The second kappa shape index (κ2) is 9.03. The molecular weight excluding hydrogens is 409 g/mol. The van der Waals surface area contributed by atoms with Crippen LogP contribution in [-0.4, -0.2) is 44.8 Å². The number of halogens is 2. The van der Waals surface area contributed by atoms with Gasteiger partial charge in [-0.1, -0.05) is 23.7 Å². The molecule has 2 aromatic carbocycles. The average Bonchev–Trinajstić information content (AvgIpc) is 2.62. The number of nitrogens with one attached hydrogen (secondary N) is 2. The summed E-state index contributed by atoms with van der Waals surface area (Å²) in [7, 11) is -3.55. The lowest BCUT2D eigenvalue weighted by atomic mass is 10.2. The number of quaternary nitrogens is 1. The highest BCUT2D eigenvalue weighted by molar-refractivity contribution is 7.89. The summed E-state index contributed by atoms with van der Waals surface area (Å²) in [4.78, 5) is 12.5. The molecule has 0 bridgehead atoms. The highest BCUT2D eigenvalue weighted by atomic mass is 35.5. The van der Waals surface area contributed by atoms with Crippen LogP contribution in [0.25, 0.3) is 0 Å². The predicted octanol–water partition coefficient (Wildman–Crippen LogP) is -1.48. The van der Waals surface area contributed by atoms with Crippen LogP contribution in [0.5, 0.6) is 0 Å². The van der Waals surface area contributed by atoms with Crippen molar-refractivity contribution in [1.82, 2.24) is 4.31 Å². The standard InChI is InChI=1S/C18H20ClN3O3S.ClH/c1-14(23)20-15-6-8-16(9-7-15)26(24,25)22-12-10-21(11-13-22)18-5-3-2-4-17(18)19;/h2-9H,10-13H2,1H3,(H,20,23);1H. The second-order valence-corrected chi connectivity index (χ2v) is 8.54. The molecule has 0 aromatic heterocycles. The van der Waals surface area contributed by atoms with Crippen LogP contribution in [0.2, 0.25) is 5.02 Å². The largest absolute Gasteiger partial charge is 1.00 e. The van der Waals surface area contributed by atoms with Crippen molar-refractivity contribution in [2.75, 3.05) is 31.5 Å². The first-order valence-electron chi connectivity index (χ1n) is 8.35. The second-order valence-electron chi connectivity index (χ2n) is 6.19. The zero-order valence-corrected chi connectivity index (χ0v) is 17.1. The Kier molecular flexibility index (Phi) is 7.25. The number of hydrogen-bond donors (Lipinski definition) is 2. The van der Waals surface area contributed by atoms with Gasteiger partial charge >= 0.3 is 0 Å². The Hall–Kier alpha value is -1.64. The predicted molar refractivity (Wildman–Crippen MR) is 101 cm³/mol. The maximum Gasteiger partial charge on any atom is 0.243 e. The van der Waals surface area contributed by atoms with Crippen molar-refractivity contribution in [2.45, 2.75) is 11.8 Å². The quantitative estimate of drug-likeness (QED) is 0.622. The molecule has 2 aromatic rings. The number of nitrogens with zero attached hydrogens (tertiary/aromatic N) is 1. The van der Waals surface area contributed by atoms with Gasteiger partial charge in [-0.25, -0.2) is 8.42 Å². The zero-order chi connectivity index (χ0) is 18.7. The number of amides is 1. The van der Waals surface area contributed by atoms with E-state index >= 15 is 0 Å². The van der Waals surface area contributed by atoms with Crippen molar-refractivity contribution >= 4 is 38.9 Å². The van der Waals surface area contributed by atoms with Gasteiger partial charge in [0.05, 0.1) is 31.1 Å². The van der Waals surface area contributed by atoms with Gasteiger partial charge in [0.25, 0.3) is 0 Å². The van der Waals surface area contributed by atoms with Crippen LogP contribution in [0.4, 0.5) is 11.4 Å². The number of carbonyl (C=O) groups excluding carboxylic acids is 1. The highest BCUT2D eigenvalue weighted by Crippen LogP contribution is 2.20. The molecule has 0 atom stereocenters. The Morgan fingerprint density at radius 1 is 1.07 bits per heavy atom. The van der Waals surface area contributed by atoms with E-state index in [0.29, 0.717) is 36.9 Å². The summed E-state index contributed by atoms with van der Waals surface area (Å²) in [5.41, 5.74) is 1.58. The molecule has 0 saturated carbocycles. The van der Waals surface area contributed by atoms with Crippen molar-refractivity contribution in [3.63, 3.8) is 0 Å². The number of para-hydroxylation sites is 1. The number of benzene rings is 2. The average molecular weight is 430 g/mol. The summed E-state index contributed by atoms with van der Waals surface area (Å²) >= 11 is 6.25. The van der Waals surface area contributed by atoms with Gasteiger partial charge < -0.3 is 17.7 Å². The van der Waals surface area contributed by atoms with Gasteiger partial charge in [0.1, 0.15) is 10.7 Å². The summed E-state index contributed by atoms with van der Waals surface area (Å²) < 4.78 is 27.2. The normalized spacial score (nSPS) is 15.8. The molecule has 1 fully saturated rings. The van der Waals surface area contributed by atoms with E-state index in [0.717, 1.165) is 5.69 Å². The molecule has 1 aliphatic rings. The van der Waals surface area contributed by atoms with Gasteiger partial charge in [-0.05, 0) is 30.3 Å². The van der Waals surface area contributed by atoms with Crippen LogP contribution >= 0.6 is 11.6 Å². The molecule has 0 spiro atoms. The van der Waals surface area contributed by atoms with Crippen LogP contribution in [0.3, 0.4) is 0 Å². The number of sulfonamides is 1. The lowest BCUT2D eigenvalue weighted by Crippen LogP contribution is -3.10. The molecule has 1 amide bonds. The van der Waals surface area contributed by atoms with Crippen LogP contribution in [0.1, 0.15) is 6.92 Å². The van der Waals surface area contributed by atoms with Gasteiger partial charge in [-0.15, -0.1) is 0 Å².